The summed E-state index contributed by atoms with van der Waals surface area (Å²) in [6.45, 7) is 0.476. The van der Waals surface area contributed by atoms with Crippen molar-refractivity contribution in [3.05, 3.63) is 56.4 Å². The normalized spacial score (nSPS) is 12.4. The zero-order valence-corrected chi connectivity index (χ0v) is 14.2. The largest absolute Gasteiger partial charge is 0.350 e. The van der Waals surface area contributed by atoms with E-state index in [0.717, 1.165) is 0 Å². The van der Waals surface area contributed by atoms with Crippen LogP contribution >= 0.6 is 27.3 Å². The van der Waals surface area contributed by atoms with Crippen LogP contribution in [0.4, 0.5) is 4.39 Å². The van der Waals surface area contributed by atoms with Crippen LogP contribution in [-0.4, -0.2) is 31.4 Å². The molecule has 0 saturated carbocycles. The second-order valence-corrected chi connectivity index (χ2v) is 6.67. The summed E-state index contributed by atoms with van der Waals surface area (Å²) in [5.41, 5.74) is 0.319. The predicted molar refractivity (Wildman–Crippen MR) is 87.2 cm³/mol. The summed E-state index contributed by atoms with van der Waals surface area (Å²) in [4.78, 5) is 15.3. The third-order valence-corrected chi connectivity index (χ3v) is 4.75. The molecule has 1 heterocycles. The fourth-order valence-electron chi connectivity index (χ4n) is 1.95. The van der Waals surface area contributed by atoms with Crippen molar-refractivity contribution in [1.82, 2.24) is 10.2 Å². The molecule has 1 aromatic carbocycles. The minimum atomic E-state index is -0.440. The first-order valence-corrected chi connectivity index (χ1v) is 8.09. The van der Waals surface area contributed by atoms with E-state index in [-0.39, 0.29) is 11.9 Å². The van der Waals surface area contributed by atoms with Crippen LogP contribution in [0.2, 0.25) is 0 Å². The number of thiophene rings is 1. The van der Waals surface area contributed by atoms with Crippen LogP contribution in [0.3, 0.4) is 0 Å². The van der Waals surface area contributed by atoms with Gasteiger partial charge in [0.05, 0.1) is 10.5 Å². The van der Waals surface area contributed by atoms with Gasteiger partial charge in [-0.25, -0.2) is 4.39 Å². The number of halogens is 2. The van der Waals surface area contributed by atoms with Crippen molar-refractivity contribution in [2.75, 3.05) is 20.6 Å². The molecule has 0 bridgehead atoms. The van der Waals surface area contributed by atoms with Gasteiger partial charge in [0.1, 0.15) is 5.82 Å². The highest BCUT2D eigenvalue weighted by atomic mass is 79.9. The summed E-state index contributed by atoms with van der Waals surface area (Å²) < 4.78 is 13.8. The quantitative estimate of drug-likeness (QED) is 0.870. The van der Waals surface area contributed by atoms with E-state index in [2.05, 4.69) is 21.2 Å². The van der Waals surface area contributed by atoms with E-state index in [0.29, 0.717) is 16.6 Å². The summed E-state index contributed by atoms with van der Waals surface area (Å²) in [6, 6.07) is 8.50. The molecule has 1 aromatic heterocycles. The fraction of sp³-hybridized carbons (Fsp3) is 0.267. The van der Waals surface area contributed by atoms with Gasteiger partial charge in [-0.1, -0.05) is 6.07 Å². The molecule has 21 heavy (non-hydrogen) atoms. The monoisotopic (exact) mass is 370 g/mol. The lowest BCUT2D eigenvalue weighted by Crippen LogP contribution is -2.34. The van der Waals surface area contributed by atoms with Gasteiger partial charge >= 0.3 is 0 Å². The lowest BCUT2D eigenvalue weighted by molar-refractivity contribution is 0.0942. The highest BCUT2D eigenvalue weighted by molar-refractivity contribution is 9.10. The Kier molecular flexibility index (Phi) is 5.50. The first kappa shape index (κ1) is 16.1. The standard InChI is InChI=1S/C15H16BrFN2OS/c1-19(2)13(14-4-3-7-21-14)9-18-15(20)10-5-6-11(16)12(17)8-10/h3-8,13H,9H2,1-2H3,(H,18,20). The van der Waals surface area contributed by atoms with Gasteiger partial charge in [-0.3, -0.25) is 4.79 Å². The Morgan fingerprint density at radius 2 is 2.19 bits per heavy atom. The maximum atomic E-state index is 13.5. The molecular weight excluding hydrogens is 355 g/mol. The van der Waals surface area contributed by atoms with Gasteiger partial charge in [-0.15, -0.1) is 11.3 Å². The van der Waals surface area contributed by atoms with Gasteiger partial charge in [0, 0.05) is 17.0 Å². The summed E-state index contributed by atoms with van der Waals surface area (Å²) >= 11 is 4.73. The van der Waals surface area contributed by atoms with Gasteiger partial charge in [0.15, 0.2) is 0 Å². The zero-order chi connectivity index (χ0) is 15.4. The molecule has 6 heteroatoms. The third kappa shape index (κ3) is 4.12. The molecular formula is C15H16BrFN2OS. The number of hydrogen-bond donors (Lipinski definition) is 1. The van der Waals surface area contributed by atoms with Crippen LogP contribution in [0.25, 0.3) is 0 Å². The molecule has 1 N–H and O–H groups in total. The van der Waals surface area contributed by atoms with E-state index in [1.807, 2.05) is 36.5 Å². The van der Waals surface area contributed by atoms with E-state index in [1.165, 1.54) is 17.0 Å². The van der Waals surface area contributed by atoms with Crippen molar-refractivity contribution < 1.29 is 9.18 Å². The van der Waals surface area contributed by atoms with Gasteiger partial charge in [-0.05, 0) is 59.7 Å². The van der Waals surface area contributed by atoms with Crippen LogP contribution in [0.5, 0.6) is 0 Å². The fourth-order valence-corrected chi connectivity index (χ4v) is 3.12. The molecule has 1 atom stereocenters. The Labute approximate surface area is 135 Å². The van der Waals surface area contributed by atoms with Crippen molar-refractivity contribution in [2.24, 2.45) is 0 Å². The van der Waals surface area contributed by atoms with Crippen LogP contribution in [0.15, 0.2) is 40.2 Å². The minimum absolute atomic E-state index is 0.106. The van der Waals surface area contributed by atoms with Gasteiger partial charge in [0.2, 0.25) is 0 Å². The van der Waals surface area contributed by atoms with E-state index in [9.17, 15) is 9.18 Å². The van der Waals surface area contributed by atoms with E-state index in [4.69, 9.17) is 0 Å². The Bertz CT molecular complexity index is 616. The maximum Gasteiger partial charge on any atom is 0.251 e. The van der Waals surface area contributed by atoms with Crippen molar-refractivity contribution in [3.8, 4) is 0 Å². The smallest absolute Gasteiger partial charge is 0.251 e. The second kappa shape index (κ2) is 7.15. The molecule has 0 aliphatic heterocycles. The van der Waals surface area contributed by atoms with Gasteiger partial charge in [0.25, 0.3) is 5.91 Å². The molecule has 0 spiro atoms. The maximum absolute atomic E-state index is 13.5. The van der Waals surface area contributed by atoms with Crippen molar-refractivity contribution in [3.63, 3.8) is 0 Å². The number of amides is 1. The lowest BCUT2D eigenvalue weighted by atomic mass is 10.2. The SMILES string of the molecule is CN(C)C(CNC(=O)c1ccc(Br)c(F)c1)c1cccs1. The van der Waals surface area contributed by atoms with E-state index in [1.54, 1.807) is 17.4 Å². The highest BCUT2D eigenvalue weighted by Crippen LogP contribution is 2.22. The molecule has 0 fully saturated rings. The number of nitrogens with zero attached hydrogens (tertiary/aromatic N) is 1. The summed E-state index contributed by atoms with van der Waals surface area (Å²) in [6.07, 6.45) is 0. The summed E-state index contributed by atoms with van der Waals surface area (Å²) in [5.74, 6) is -0.713. The van der Waals surface area contributed by atoms with Crippen LogP contribution in [-0.2, 0) is 0 Å². The summed E-state index contributed by atoms with van der Waals surface area (Å²) in [5, 5.41) is 4.87. The molecule has 3 nitrogen and oxygen atoms in total. The van der Waals surface area contributed by atoms with Crippen LogP contribution < -0.4 is 5.32 Å². The molecule has 2 aromatic rings. The Hall–Kier alpha value is -1.24. The topological polar surface area (TPSA) is 32.3 Å². The van der Waals surface area contributed by atoms with Gasteiger partial charge in [-0.2, -0.15) is 0 Å². The lowest BCUT2D eigenvalue weighted by Gasteiger charge is -2.23. The Morgan fingerprint density at radius 1 is 1.43 bits per heavy atom. The summed E-state index contributed by atoms with van der Waals surface area (Å²) in [7, 11) is 3.94. The third-order valence-electron chi connectivity index (χ3n) is 3.13. The predicted octanol–water partition coefficient (Wildman–Crippen LogP) is 3.68. The van der Waals surface area contributed by atoms with E-state index >= 15 is 0 Å². The first-order chi connectivity index (χ1) is 9.99. The minimum Gasteiger partial charge on any atom is -0.350 e. The van der Waals surface area contributed by atoms with Crippen molar-refractivity contribution in [1.29, 1.82) is 0 Å². The Morgan fingerprint density at radius 3 is 2.76 bits per heavy atom. The number of rotatable bonds is 5. The highest BCUT2D eigenvalue weighted by Gasteiger charge is 2.17. The van der Waals surface area contributed by atoms with Crippen LogP contribution in [0.1, 0.15) is 21.3 Å². The van der Waals surface area contributed by atoms with Gasteiger partial charge < -0.3 is 10.2 Å². The number of benzene rings is 1. The molecule has 0 saturated heterocycles. The second-order valence-electron chi connectivity index (χ2n) is 4.83. The molecule has 1 amide bonds. The Balaban J connectivity index is 2.03. The number of hydrogen-bond acceptors (Lipinski definition) is 3. The average Bonchev–Trinajstić information content (AvgIpc) is 2.95. The zero-order valence-electron chi connectivity index (χ0n) is 11.8. The van der Waals surface area contributed by atoms with E-state index < -0.39 is 5.82 Å². The molecule has 0 aliphatic rings. The van der Waals surface area contributed by atoms with Crippen molar-refractivity contribution >= 4 is 33.2 Å². The molecule has 0 aliphatic carbocycles. The molecule has 112 valence electrons. The molecule has 1 unspecified atom stereocenters. The number of nitrogens with one attached hydrogen (secondary N) is 1. The van der Waals surface area contributed by atoms with Crippen LogP contribution in [0, 0.1) is 5.82 Å². The van der Waals surface area contributed by atoms with Crippen molar-refractivity contribution in [2.45, 2.75) is 6.04 Å². The number of carbonyl (C=O) groups is 1. The first-order valence-electron chi connectivity index (χ1n) is 6.42. The molecule has 2 rings (SSSR count). The number of likely N-dealkylation sites (N-methyl/N-ethyl adjacent to an activating group) is 1. The average molecular weight is 371 g/mol. The number of carbonyl (C=O) groups excluding carboxylic acids is 1. The molecule has 0 radical (unpaired) electrons.